The van der Waals surface area contributed by atoms with E-state index in [-0.39, 0.29) is 5.56 Å². The number of hydrogen-bond acceptors (Lipinski definition) is 4. The van der Waals surface area contributed by atoms with Crippen molar-refractivity contribution < 1.29 is 14.0 Å². The van der Waals surface area contributed by atoms with Crippen LogP contribution in [0.4, 0.5) is 5.69 Å². The van der Waals surface area contributed by atoms with Crippen molar-refractivity contribution >= 4 is 17.5 Å². The second-order valence-electron chi connectivity index (χ2n) is 3.74. The van der Waals surface area contributed by atoms with E-state index in [2.05, 4.69) is 9.73 Å². The summed E-state index contributed by atoms with van der Waals surface area (Å²) in [4.78, 5) is 33.4. The average Bonchev–Trinajstić information content (AvgIpc) is 2.40. The lowest BCUT2D eigenvalue weighted by molar-refractivity contribution is 0.0998. The molecule has 0 fully saturated rings. The first-order valence-corrected chi connectivity index (χ1v) is 5.36. The highest BCUT2D eigenvalue weighted by Gasteiger charge is 2.07. The highest BCUT2D eigenvalue weighted by Crippen LogP contribution is 2.10. The Morgan fingerprint density at radius 1 is 1.00 bits per heavy atom. The van der Waals surface area contributed by atoms with Gasteiger partial charge in [0.05, 0.1) is 5.56 Å². The Morgan fingerprint density at radius 3 is 2.16 bits per heavy atom. The Balaban J connectivity index is 2.12. The van der Waals surface area contributed by atoms with Gasteiger partial charge in [0, 0.05) is 17.3 Å². The maximum atomic E-state index is 11.8. The summed E-state index contributed by atoms with van der Waals surface area (Å²) in [5.74, 6) is -0.960. The van der Waals surface area contributed by atoms with Crippen LogP contribution in [0.2, 0.25) is 0 Å². The van der Waals surface area contributed by atoms with E-state index in [0.717, 1.165) is 12.3 Å². The van der Waals surface area contributed by atoms with E-state index in [4.69, 9.17) is 5.73 Å². The van der Waals surface area contributed by atoms with E-state index in [1.807, 2.05) is 0 Å². The van der Waals surface area contributed by atoms with Gasteiger partial charge in [-0.2, -0.15) is 0 Å². The van der Waals surface area contributed by atoms with Crippen LogP contribution < -0.4 is 16.7 Å². The number of nitrogens with one attached hydrogen (secondary N) is 1. The first kappa shape index (κ1) is 12.6. The summed E-state index contributed by atoms with van der Waals surface area (Å²) < 4.78 is 4.59. The molecule has 96 valence electrons. The summed E-state index contributed by atoms with van der Waals surface area (Å²) in [5.41, 5.74) is 5.65. The molecule has 2 amide bonds. The van der Waals surface area contributed by atoms with Crippen LogP contribution in [0.1, 0.15) is 20.7 Å². The van der Waals surface area contributed by atoms with Crippen molar-refractivity contribution in [2.24, 2.45) is 5.73 Å². The quantitative estimate of drug-likeness (QED) is 0.856. The van der Waals surface area contributed by atoms with Gasteiger partial charge in [-0.05, 0) is 30.3 Å². The smallest absolute Gasteiger partial charge is 0.335 e. The van der Waals surface area contributed by atoms with Gasteiger partial charge in [-0.1, -0.05) is 0 Å². The van der Waals surface area contributed by atoms with Gasteiger partial charge in [-0.3, -0.25) is 9.59 Å². The van der Waals surface area contributed by atoms with Gasteiger partial charge in [0.2, 0.25) is 5.91 Å². The summed E-state index contributed by atoms with van der Waals surface area (Å²) in [6.07, 6.45) is 1.08. The van der Waals surface area contributed by atoms with E-state index < -0.39 is 17.4 Å². The van der Waals surface area contributed by atoms with Crippen molar-refractivity contribution in [2.45, 2.75) is 0 Å². The van der Waals surface area contributed by atoms with Crippen molar-refractivity contribution in [3.63, 3.8) is 0 Å². The molecule has 0 atom stereocenters. The van der Waals surface area contributed by atoms with Gasteiger partial charge in [-0.25, -0.2) is 4.79 Å². The predicted molar refractivity (Wildman–Crippen MR) is 67.9 cm³/mol. The van der Waals surface area contributed by atoms with Gasteiger partial charge in [0.15, 0.2) is 0 Å². The van der Waals surface area contributed by atoms with Crippen molar-refractivity contribution in [1.82, 2.24) is 0 Å². The van der Waals surface area contributed by atoms with Crippen LogP contribution in [0.15, 0.2) is 51.9 Å². The molecule has 1 heterocycles. The summed E-state index contributed by atoms with van der Waals surface area (Å²) in [7, 11) is 0. The fourth-order valence-corrected chi connectivity index (χ4v) is 1.41. The zero-order valence-corrected chi connectivity index (χ0v) is 9.75. The molecule has 6 nitrogen and oxygen atoms in total. The highest BCUT2D eigenvalue weighted by atomic mass is 16.4. The van der Waals surface area contributed by atoms with Gasteiger partial charge in [0.25, 0.3) is 5.91 Å². The lowest BCUT2D eigenvalue weighted by Crippen LogP contribution is -2.14. The maximum Gasteiger partial charge on any atom is 0.335 e. The molecule has 0 spiro atoms. The molecule has 0 bridgehead atoms. The van der Waals surface area contributed by atoms with Crippen LogP contribution >= 0.6 is 0 Å². The standard InChI is InChI=1S/C13H10N2O4/c14-12(17)8-1-4-10(5-2-8)15-13(18)9-3-6-11(16)19-7-9/h1-7H,(H2,14,17)(H,15,18). The lowest BCUT2D eigenvalue weighted by atomic mass is 10.2. The third-order valence-electron chi connectivity index (χ3n) is 2.39. The molecule has 0 aliphatic heterocycles. The normalized spacial score (nSPS) is 9.89. The van der Waals surface area contributed by atoms with Crippen molar-refractivity contribution in [3.05, 3.63) is 64.2 Å². The molecule has 19 heavy (non-hydrogen) atoms. The van der Waals surface area contributed by atoms with E-state index in [0.29, 0.717) is 11.3 Å². The molecule has 2 rings (SSSR count). The molecule has 0 aliphatic rings. The van der Waals surface area contributed by atoms with Crippen LogP contribution in [0.25, 0.3) is 0 Å². The number of rotatable bonds is 3. The molecular formula is C13H10N2O4. The van der Waals surface area contributed by atoms with E-state index in [1.165, 1.54) is 18.2 Å². The fourth-order valence-electron chi connectivity index (χ4n) is 1.41. The van der Waals surface area contributed by atoms with E-state index in [1.54, 1.807) is 12.1 Å². The van der Waals surface area contributed by atoms with Crippen molar-refractivity contribution in [3.8, 4) is 0 Å². The number of anilines is 1. The minimum absolute atomic E-state index is 0.221. The minimum Gasteiger partial charge on any atom is -0.430 e. The molecule has 0 radical (unpaired) electrons. The van der Waals surface area contributed by atoms with Crippen LogP contribution in [0.5, 0.6) is 0 Å². The summed E-state index contributed by atoms with van der Waals surface area (Å²) in [5, 5.41) is 2.59. The average molecular weight is 258 g/mol. The predicted octanol–water partition coefficient (Wildman–Crippen LogP) is 0.991. The van der Waals surface area contributed by atoms with Crippen molar-refractivity contribution in [2.75, 3.05) is 5.32 Å². The molecule has 1 aromatic heterocycles. The second-order valence-corrected chi connectivity index (χ2v) is 3.74. The first-order chi connectivity index (χ1) is 9.06. The third-order valence-corrected chi connectivity index (χ3v) is 2.39. The number of nitrogens with two attached hydrogens (primary N) is 1. The molecule has 0 saturated carbocycles. The number of benzene rings is 1. The second kappa shape index (κ2) is 5.18. The van der Waals surface area contributed by atoms with Gasteiger partial charge in [-0.15, -0.1) is 0 Å². The van der Waals surface area contributed by atoms with Crippen LogP contribution in [-0.2, 0) is 0 Å². The SMILES string of the molecule is NC(=O)c1ccc(NC(=O)c2ccc(=O)oc2)cc1. The zero-order chi connectivity index (χ0) is 13.8. The summed E-state index contributed by atoms with van der Waals surface area (Å²) in [6, 6.07) is 8.63. The number of amides is 2. The van der Waals surface area contributed by atoms with Gasteiger partial charge in [0.1, 0.15) is 6.26 Å². The Hall–Kier alpha value is -2.89. The molecule has 0 saturated heterocycles. The number of primary amides is 1. The molecule has 0 aliphatic carbocycles. The maximum absolute atomic E-state index is 11.8. The Bertz CT molecular complexity index is 653. The van der Waals surface area contributed by atoms with Gasteiger partial charge < -0.3 is 15.5 Å². The Morgan fingerprint density at radius 2 is 1.63 bits per heavy atom. The lowest BCUT2D eigenvalue weighted by Gasteiger charge is -2.04. The van der Waals surface area contributed by atoms with Crippen LogP contribution in [0, 0.1) is 0 Å². The van der Waals surface area contributed by atoms with E-state index >= 15 is 0 Å². The highest BCUT2D eigenvalue weighted by molar-refractivity contribution is 6.04. The van der Waals surface area contributed by atoms with Crippen LogP contribution in [0.3, 0.4) is 0 Å². The fraction of sp³-hybridized carbons (Fsp3) is 0. The number of carbonyl (C=O) groups excluding carboxylic acids is 2. The van der Waals surface area contributed by atoms with Gasteiger partial charge >= 0.3 is 5.63 Å². The molecular weight excluding hydrogens is 248 g/mol. The largest absolute Gasteiger partial charge is 0.430 e. The molecule has 6 heteroatoms. The Labute approximate surface area is 107 Å². The minimum atomic E-state index is -0.539. The summed E-state index contributed by atoms with van der Waals surface area (Å²) >= 11 is 0. The topological polar surface area (TPSA) is 102 Å². The molecule has 3 N–H and O–H groups in total. The number of carbonyl (C=O) groups is 2. The number of hydrogen-bond donors (Lipinski definition) is 2. The molecule has 0 unspecified atom stereocenters. The summed E-state index contributed by atoms with van der Waals surface area (Å²) in [6.45, 7) is 0. The molecule has 1 aromatic carbocycles. The third kappa shape index (κ3) is 3.06. The van der Waals surface area contributed by atoms with E-state index in [9.17, 15) is 14.4 Å². The van der Waals surface area contributed by atoms with Crippen molar-refractivity contribution in [1.29, 1.82) is 0 Å². The first-order valence-electron chi connectivity index (χ1n) is 5.36. The monoisotopic (exact) mass is 258 g/mol. The Kier molecular flexibility index (Phi) is 3.42. The molecule has 2 aromatic rings. The van der Waals surface area contributed by atoms with Crippen LogP contribution in [-0.4, -0.2) is 11.8 Å². The zero-order valence-electron chi connectivity index (χ0n) is 9.75.